The molecule has 6 nitrogen and oxygen atoms in total. The molecular formula is C13H22N4O2. The van der Waals surface area contributed by atoms with Crippen LogP contribution in [0.25, 0.3) is 0 Å². The predicted octanol–water partition coefficient (Wildman–Crippen LogP) is 1.52. The second kappa shape index (κ2) is 6.26. The van der Waals surface area contributed by atoms with Gasteiger partial charge in [-0.2, -0.15) is 4.98 Å². The van der Waals surface area contributed by atoms with Gasteiger partial charge >= 0.3 is 0 Å². The molecule has 0 aliphatic carbocycles. The zero-order valence-electron chi connectivity index (χ0n) is 11.7. The van der Waals surface area contributed by atoms with Gasteiger partial charge in [-0.05, 0) is 39.3 Å². The number of carbonyl (C=O) groups excluding carboxylic acids is 1. The SMILES string of the molecule is CC(C)(C)Oc1nc(NCCCC(N)=O)ccc1N. The average molecular weight is 266 g/mol. The van der Waals surface area contributed by atoms with Crippen molar-refractivity contribution in [3.05, 3.63) is 12.1 Å². The quantitative estimate of drug-likeness (QED) is 0.677. The summed E-state index contributed by atoms with van der Waals surface area (Å²) < 4.78 is 5.67. The standard InChI is InChI=1S/C13H22N4O2/c1-13(2,3)19-12-9(14)6-7-11(17-12)16-8-4-5-10(15)18/h6-7H,4-5,8,14H2,1-3H3,(H2,15,18)(H,16,17). The van der Waals surface area contributed by atoms with Crippen LogP contribution < -0.4 is 21.5 Å². The molecule has 0 saturated carbocycles. The molecule has 0 saturated heterocycles. The Kier molecular flexibility index (Phi) is 4.97. The third kappa shape index (κ3) is 5.94. The van der Waals surface area contributed by atoms with Gasteiger partial charge in [-0.25, -0.2) is 0 Å². The summed E-state index contributed by atoms with van der Waals surface area (Å²) in [4.78, 5) is 14.9. The molecule has 0 unspecified atom stereocenters. The highest BCUT2D eigenvalue weighted by atomic mass is 16.5. The smallest absolute Gasteiger partial charge is 0.239 e. The van der Waals surface area contributed by atoms with E-state index < -0.39 is 0 Å². The van der Waals surface area contributed by atoms with E-state index >= 15 is 0 Å². The summed E-state index contributed by atoms with van der Waals surface area (Å²) in [5.41, 5.74) is 11.0. The lowest BCUT2D eigenvalue weighted by Gasteiger charge is -2.21. The number of hydrogen-bond donors (Lipinski definition) is 3. The van der Waals surface area contributed by atoms with E-state index in [4.69, 9.17) is 16.2 Å². The maximum Gasteiger partial charge on any atom is 0.239 e. The number of primary amides is 1. The van der Waals surface area contributed by atoms with Crippen molar-refractivity contribution >= 4 is 17.4 Å². The predicted molar refractivity (Wildman–Crippen MR) is 75.9 cm³/mol. The van der Waals surface area contributed by atoms with Crippen molar-refractivity contribution in [1.82, 2.24) is 4.98 Å². The number of nitrogens with one attached hydrogen (secondary N) is 1. The molecule has 5 N–H and O–H groups in total. The largest absolute Gasteiger partial charge is 0.470 e. The van der Waals surface area contributed by atoms with Crippen molar-refractivity contribution in [2.24, 2.45) is 5.73 Å². The monoisotopic (exact) mass is 266 g/mol. The summed E-state index contributed by atoms with van der Waals surface area (Å²) in [7, 11) is 0. The van der Waals surface area contributed by atoms with E-state index in [-0.39, 0.29) is 11.5 Å². The lowest BCUT2D eigenvalue weighted by Crippen LogP contribution is -2.24. The molecule has 0 aromatic carbocycles. The van der Waals surface area contributed by atoms with Crippen LogP contribution in [-0.4, -0.2) is 23.0 Å². The van der Waals surface area contributed by atoms with E-state index in [1.807, 2.05) is 20.8 Å². The van der Waals surface area contributed by atoms with Gasteiger partial charge in [0.05, 0.1) is 5.69 Å². The normalized spacial score (nSPS) is 11.1. The number of pyridine rings is 1. The zero-order chi connectivity index (χ0) is 14.5. The second-order valence-electron chi connectivity index (χ2n) is 5.30. The molecule has 0 radical (unpaired) electrons. The number of nitrogens with zero attached hydrogens (tertiary/aromatic N) is 1. The fourth-order valence-corrected chi connectivity index (χ4v) is 1.40. The first-order valence-corrected chi connectivity index (χ1v) is 6.25. The number of amides is 1. The van der Waals surface area contributed by atoms with Crippen LogP contribution in [-0.2, 0) is 4.79 Å². The number of anilines is 2. The van der Waals surface area contributed by atoms with Crippen molar-refractivity contribution in [3.63, 3.8) is 0 Å². The number of ether oxygens (including phenoxy) is 1. The van der Waals surface area contributed by atoms with Crippen LogP contribution in [0.1, 0.15) is 33.6 Å². The van der Waals surface area contributed by atoms with Gasteiger partial charge in [0, 0.05) is 13.0 Å². The van der Waals surface area contributed by atoms with Crippen LogP contribution >= 0.6 is 0 Å². The highest BCUT2D eigenvalue weighted by Crippen LogP contribution is 2.24. The third-order valence-electron chi connectivity index (χ3n) is 2.20. The molecule has 1 heterocycles. The maximum atomic E-state index is 10.6. The average Bonchev–Trinajstić information content (AvgIpc) is 2.26. The van der Waals surface area contributed by atoms with Gasteiger partial charge in [-0.15, -0.1) is 0 Å². The fourth-order valence-electron chi connectivity index (χ4n) is 1.40. The number of aromatic nitrogens is 1. The summed E-state index contributed by atoms with van der Waals surface area (Å²) >= 11 is 0. The lowest BCUT2D eigenvalue weighted by molar-refractivity contribution is -0.118. The molecule has 0 fully saturated rings. The van der Waals surface area contributed by atoms with Gasteiger partial charge in [0.15, 0.2) is 0 Å². The lowest BCUT2D eigenvalue weighted by atomic mass is 10.2. The topological polar surface area (TPSA) is 103 Å². The minimum atomic E-state index is -0.355. The molecule has 0 spiro atoms. The Morgan fingerprint density at radius 1 is 1.42 bits per heavy atom. The summed E-state index contributed by atoms with van der Waals surface area (Å²) in [6.07, 6.45) is 1.02. The van der Waals surface area contributed by atoms with Gasteiger partial charge < -0.3 is 21.5 Å². The molecule has 0 atom stereocenters. The van der Waals surface area contributed by atoms with Crippen LogP contribution in [0.5, 0.6) is 5.88 Å². The van der Waals surface area contributed by atoms with E-state index in [0.717, 1.165) is 0 Å². The maximum absolute atomic E-state index is 10.6. The summed E-state index contributed by atoms with van der Waals surface area (Å²) in [6.45, 7) is 6.41. The Hall–Kier alpha value is -1.98. The molecule has 6 heteroatoms. The molecule has 0 aliphatic heterocycles. The third-order valence-corrected chi connectivity index (χ3v) is 2.20. The molecule has 0 bridgehead atoms. The van der Waals surface area contributed by atoms with Crippen LogP contribution in [0.4, 0.5) is 11.5 Å². The minimum Gasteiger partial charge on any atom is -0.470 e. The van der Waals surface area contributed by atoms with Crippen molar-refractivity contribution in [2.75, 3.05) is 17.6 Å². The Balaban J connectivity index is 2.60. The summed E-state index contributed by atoms with van der Waals surface area (Å²) in [6, 6.07) is 3.51. The van der Waals surface area contributed by atoms with Crippen molar-refractivity contribution in [3.8, 4) is 5.88 Å². The zero-order valence-corrected chi connectivity index (χ0v) is 11.7. The molecule has 19 heavy (non-hydrogen) atoms. The molecular weight excluding hydrogens is 244 g/mol. The molecule has 1 rings (SSSR count). The first kappa shape index (κ1) is 15.1. The van der Waals surface area contributed by atoms with E-state index in [2.05, 4.69) is 10.3 Å². The van der Waals surface area contributed by atoms with Gasteiger partial charge in [-0.3, -0.25) is 4.79 Å². The van der Waals surface area contributed by atoms with E-state index in [1.165, 1.54) is 0 Å². The number of carbonyl (C=O) groups is 1. The Morgan fingerprint density at radius 3 is 2.68 bits per heavy atom. The molecule has 106 valence electrons. The summed E-state index contributed by atoms with van der Waals surface area (Å²) in [5.74, 6) is 0.772. The Bertz CT molecular complexity index is 441. The second-order valence-corrected chi connectivity index (χ2v) is 5.30. The van der Waals surface area contributed by atoms with Crippen molar-refractivity contribution in [2.45, 2.75) is 39.2 Å². The summed E-state index contributed by atoms with van der Waals surface area (Å²) in [5, 5.41) is 3.10. The highest BCUT2D eigenvalue weighted by Gasteiger charge is 2.15. The van der Waals surface area contributed by atoms with E-state index in [0.29, 0.717) is 36.8 Å². The van der Waals surface area contributed by atoms with Crippen LogP contribution in [0.15, 0.2) is 12.1 Å². The van der Waals surface area contributed by atoms with E-state index in [1.54, 1.807) is 12.1 Å². The van der Waals surface area contributed by atoms with Crippen LogP contribution in [0.2, 0.25) is 0 Å². The number of nitrogens with two attached hydrogens (primary N) is 2. The molecule has 1 amide bonds. The van der Waals surface area contributed by atoms with Crippen molar-refractivity contribution in [1.29, 1.82) is 0 Å². The van der Waals surface area contributed by atoms with E-state index in [9.17, 15) is 4.79 Å². The number of rotatable bonds is 6. The van der Waals surface area contributed by atoms with Gasteiger partial charge in [0.25, 0.3) is 0 Å². The molecule has 0 aliphatic rings. The van der Waals surface area contributed by atoms with Crippen LogP contribution in [0, 0.1) is 0 Å². The van der Waals surface area contributed by atoms with Gasteiger partial charge in [0.1, 0.15) is 11.4 Å². The Morgan fingerprint density at radius 2 is 2.11 bits per heavy atom. The van der Waals surface area contributed by atoms with Crippen molar-refractivity contribution < 1.29 is 9.53 Å². The Labute approximate surface area is 113 Å². The van der Waals surface area contributed by atoms with Gasteiger partial charge in [-0.1, -0.05) is 0 Å². The minimum absolute atomic E-state index is 0.302. The number of nitrogen functional groups attached to an aromatic ring is 1. The first-order valence-electron chi connectivity index (χ1n) is 6.25. The first-order chi connectivity index (χ1) is 8.78. The number of hydrogen-bond acceptors (Lipinski definition) is 5. The highest BCUT2D eigenvalue weighted by molar-refractivity contribution is 5.73. The fraction of sp³-hybridized carbons (Fsp3) is 0.538. The molecule has 1 aromatic rings. The van der Waals surface area contributed by atoms with Crippen LogP contribution in [0.3, 0.4) is 0 Å². The molecule has 1 aromatic heterocycles. The van der Waals surface area contributed by atoms with Gasteiger partial charge in [0.2, 0.25) is 11.8 Å².